The molecule has 1 fully saturated rings. The Labute approximate surface area is 205 Å². The summed E-state index contributed by atoms with van der Waals surface area (Å²) in [5.74, 6) is 0.266. The Kier molecular flexibility index (Phi) is 7.07. The van der Waals surface area contributed by atoms with Crippen LogP contribution in [-0.4, -0.2) is 52.1 Å². The minimum absolute atomic E-state index is 0.0210. The Bertz CT molecular complexity index is 1170. The van der Waals surface area contributed by atoms with Crippen molar-refractivity contribution >= 4 is 23.6 Å². The molecule has 184 valence electrons. The summed E-state index contributed by atoms with van der Waals surface area (Å²) in [4.78, 5) is 27.4. The highest BCUT2D eigenvalue weighted by molar-refractivity contribution is 6.30. The minimum atomic E-state index is -0.813. The predicted octanol–water partition coefficient (Wildman–Crippen LogP) is 3.64. The molecule has 2 aromatic heterocycles. The second kappa shape index (κ2) is 10.5. The van der Waals surface area contributed by atoms with Gasteiger partial charge in [-0.25, -0.2) is 19.2 Å². The summed E-state index contributed by atoms with van der Waals surface area (Å²) in [6.45, 7) is 2.24. The van der Waals surface area contributed by atoms with Gasteiger partial charge in [0.1, 0.15) is 11.9 Å². The number of carbonyl (C=O) groups is 1. The van der Waals surface area contributed by atoms with Crippen LogP contribution in [0.5, 0.6) is 0 Å². The largest absolute Gasteiger partial charge is 0.427 e. The van der Waals surface area contributed by atoms with Gasteiger partial charge < -0.3 is 24.7 Å². The SMILES string of the molecule is O=C(NC(c1ccc(Cl)c(F)c1)c1ccno1)ON1CCc2cnc(NC3CCOCC3)nc2C1. The number of hydrogen-bond acceptors (Lipinski definition) is 9. The minimum Gasteiger partial charge on any atom is -0.381 e. The fourth-order valence-corrected chi connectivity index (χ4v) is 4.22. The third kappa shape index (κ3) is 5.69. The first-order valence-electron chi connectivity index (χ1n) is 11.3. The number of nitrogens with zero attached hydrogens (tertiary/aromatic N) is 4. The van der Waals surface area contributed by atoms with Gasteiger partial charge in [-0.3, -0.25) is 0 Å². The molecule has 0 spiro atoms. The molecule has 5 rings (SSSR count). The summed E-state index contributed by atoms with van der Waals surface area (Å²) in [5.41, 5.74) is 2.24. The van der Waals surface area contributed by atoms with Gasteiger partial charge in [0.15, 0.2) is 5.76 Å². The van der Waals surface area contributed by atoms with Crippen LogP contribution in [0.4, 0.5) is 15.1 Å². The highest BCUT2D eigenvalue weighted by Gasteiger charge is 2.26. The van der Waals surface area contributed by atoms with Crippen molar-refractivity contribution in [1.82, 2.24) is 25.5 Å². The topological polar surface area (TPSA) is 115 Å². The van der Waals surface area contributed by atoms with Crippen molar-refractivity contribution in [1.29, 1.82) is 0 Å². The number of amides is 1. The number of rotatable bonds is 6. The fourth-order valence-electron chi connectivity index (χ4n) is 4.10. The molecule has 2 N–H and O–H groups in total. The van der Waals surface area contributed by atoms with E-state index >= 15 is 0 Å². The van der Waals surface area contributed by atoms with Crippen LogP contribution < -0.4 is 10.6 Å². The number of anilines is 1. The zero-order valence-corrected chi connectivity index (χ0v) is 19.5. The maximum Gasteiger partial charge on any atom is 0.427 e. The molecule has 2 aliphatic rings. The van der Waals surface area contributed by atoms with Gasteiger partial charge in [0.05, 0.1) is 23.5 Å². The van der Waals surface area contributed by atoms with Crippen molar-refractivity contribution in [3.8, 4) is 0 Å². The molecule has 0 saturated carbocycles. The molecule has 1 atom stereocenters. The quantitative estimate of drug-likeness (QED) is 0.521. The molecule has 10 nitrogen and oxygen atoms in total. The number of aromatic nitrogens is 3. The average Bonchev–Trinajstić information content (AvgIpc) is 3.39. The summed E-state index contributed by atoms with van der Waals surface area (Å²) in [5, 5.41) is 11.3. The smallest absolute Gasteiger partial charge is 0.381 e. The van der Waals surface area contributed by atoms with Gasteiger partial charge in [-0.2, -0.15) is 0 Å². The number of carbonyl (C=O) groups excluding carboxylic acids is 1. The van der Waals surface area contributed by atoms with Gasteiger partial charge in [0.25, 0.3) is 0 Å². The molecule has 0 radical (unpaired) electrons. The van der Waals surface area contributed by atoms with Crippen LogP contribution in [0.25, 0.3) is 0 Å². The van der Waals surface area contributed by atoms with Crippen molar-refractivity contribution in [3.05, 3.63) is 70.1 Å². The Balaban J connectivity index is 1.24. The van der Waals surface area contributed by atoms with E-state index in [1.807, 2.05) is 6.20 Å². The number of benzene rings is 1. The molecule has 35 heavy (non-hydrogen) atoms. The lowest BCUT2D eigenvalue weighted by Crippen LogP contribution is -2.39. The van der Waals surface area contributed by atoms with Crippen LogP contribution in [0, 0.1) is 5.82 Å². The zero-order chi connectivity index (χ0) is 24.2. The predicted molar refractivity (Wildman–Crippen MR) is 123 cm³/mol. The fraction of sp³-hybridized carbons (Fsp3) is 0.391. The van der Waals surface area contributed by atoms with Crippen LogP contribution in [0.2, 0.25) is 5.02 Å². The lowest BCUT2D eigenvalue weighted by molar-refractivity contribution is -0.112. The van der Waals surface area contributed by atoms with E-state index in [2.05, 4.69) is 25.8 Å². The molecule has 4 heterocycles. The van der Waals surface area contributed by atoms with Crippen molar-refractivity contribution in [2.45, 2.75) is 37.9 Å². The Morgan fingerprint density at radius 3 is 2.91 bits per heavy atom. The van der Waals surface area contributed by atoms with E-state index in [4.69, 9.17) is 25.7 Å². The Morgan fingerprint density at radius 1 is 1.29 bits per heavy atom. The first-order valence-corrected chi connectivity index (χ1v) is 11.7. The summed E-state index contributed by atoms with van der Waals surface area (Å²) >= 11 is 5.80. The van der Waals surface area contributed by atoms with Crippen LogP contribution in [0.3, 0.4) is 0 Å². The van der Waals surface area contributed by atoms with E-state index in [1.165, 1.54) is 23.4 Å². The third-order valence-electron chi connectivity index (χ3n) is 5.96. The van der Waals surface area contributed by atoms with Gasteiger partial charge >= 0.3 is 6.09 Å². The van der Waals surface area contributed by atoms with Gasteiger partial charge in [-0.05, 0) is 42.5 Å². The van der Waals surface area contributed by atoms with Gasteiger partial charge in [0, 0.05) is 38.1 Å². The molecular weight excluding hydrogens is 479 g/mol. The Hall–Kier alpha value is -3.28. The molecule has 2 aliphatic heterocycles. The van der Waals surface area contributed by atoms with E-state index in [-0.39, 0.29) is 11.1 Å². The number of fused-ring (bicyclic) bond motifs is 1. The molecule has 3 aromatic rings. The number of halogens is 2. The van der Waals surface area contributed by atoms with Crippen molar-refractivity contribution in [3.63, 3.8) is 0 Å². The van der Waals surface area contributed by atoms with Gasteiger partial charge in [-0.15, -0.1) is 5.06 Å². The molecule has 1 aromatic carbocycles. The molecule has 1 amide bonds. The average molecular weight is 503 g/mol. The highest BCUT2D eigenvalue weighted by Crippen LogP contribution is 2.26. The second-order valence-electron chi connectivity index (χ2n) is 8.35. The number of nitrogens with one attached hydrogen (secondary N) is 2. The second-order valence-corrected chi connectivity index (χ2v) is 8.76. The summed E-state index contributed by atoms with van der Waals surface area (Å²) in [6.07, 6.45) is 4.97. The van der Waals surface area contributed by atoms with Gasteiger partial charge in [0.2, 0.25) is 5.95 Å². The number of hydrogen-bond donors (Lipinski definition) is 2. The zero-order valence-electron chi connectivity index (χ0n) is 18.7. The van der Waals surface area contributed by atoms with Crippen LogP contribution in [0.1, 0.15) is 41.5 Å². The Morgan fingerprint density at radius 2 is 2.14 bits per heavy atom. The van der Waals surface area contributed by atoms with Crippen molar-refractivity contribution in [2.24, 2.45) is 0 Å². The first-order chi connectivity index (χ1) is 17.0. The van der Waals surface area contributed by atoms with E-state index < -0.39 is 18.0 Å². The van der Waals surface area contributed by atoms with Crippen molar-refractivity contribution in [2.75, 3.05) is 25.1 Å². The number of hydroxylamine groups is 2. The first kappa shape index (κ1) is 23.5. The third-order valence-corrected chi connectivity index (χ3v) is 6.27. The van der Waals surface area contributed by atoms with E-state index in [0.717, 1.165) is 37.3 Å². The summed E-state index contributed by atoms with van der Waals surface area (Å²) in [6, 6.07) is 5.28. The molecule has 0 aliphatic carbocycles. The standard InChI is InChI=1S/C23H24ClFN6O4/c24-17-2-1-14(11-18(17)25)21(20-3-7-27-34-20)30-23(32)35-31-8-4-15-12-26-22(29-19(15)13-31)28-16-5-9-33-10-6-16/h1-3,7,11-12,16,21H,4-6,8-10,13H2,(H,30,32)(H,26,28,29). The van der Waals surface area contributed by atoms with Crippen LogP contribution in [0.15, 0.2) is 41.2 Å². The van der Waals surface area contributed by atoms with Crippen LogP contribution in [-0.2, 0) is 22.5 Å². The highest BCUT2D eigenvalue weighted by atomic mass is 35.5. The van der Waals surface area contributed by atoms with Crippen molar-refractivity contribution < 1.29 is 23.3 Å². The van der Waals surface area contributed by atoms with Gasteiger partial charge in [-0.1, -0.05) is 22.8 Å². The monoisotopic (exact) mass is 502 g/mol. The number of ether oxygens (including phenoxy) is 1. The molecular formula is C23H24ClFN6O4. The maximum absolute atomic E-state index is 14.1. The maximum atomic E-state index is 14.1. The molecule has 12 heteroatoms. The molecule has 1 saturated heterocycles. The van der Waals surface area contributed by atoms with E-state index in [9.17, 15) is 9.18 Å². The summed E-state index contributed by atoms with van der Waals surface area (Å²) < 4.78 is 24.7. The summed E-state index contributed by atoms with van der Waals surface area (Å²) in [7, 11) is 0. The molecule has 0 bridgehead atoms. The molecule has 1 unspecified atom stereocenters. The lowest BCUT2D eigenvalue weighted by Gasteiger charge is -2.28. The lowest BCUT2D eigenvalue weighted by atomic mass is 10.0. The van der Waals surface area contributed by atoms with Crippen LogP contribution >= 0.6 is 11.6 Å². The van der Waals surface area contributed by atoms with E-state index in [0.29, 0.717) is 36.8 Å². The van der Waals surface area contributed by atoms with E-state index in [1.54, 1.807) is 12.1 Å². The normalized spacial score (nSPS) is 17.4.